The van der Waals surface area contributed by atoms with Gasteiger partial charge in [-0.1, -0.05) is 105 Å². The zero-order chi connectivity index (χ0) is 29.3. The molecular weight excluding hydrogens is 508 g/mol. The van der Waals surface area contributed by atoms with Crippen molar-refractivity contribution in [2.45, 2.75) is 65.2 Å². The molecule has 0 aliphatic carbocycles. The Labute approximate surface area is 252 Å². The Balaban J connectivity index is 1.25. The quantitative estimate of drug-likeness (QED) is 0.120. The molecule has 4 N–H and O–H groups in total. The van der Waals surface area contributed by atoms with Crippen molar-refractivity contribution in [3.8, 4) is 0 Å². The van der Waals surface area contributed by atoms with Crippen molar-refractivity contribution in [3.63, 3.8) is 0 Å². The van der Waals surface area contributed by atoms with Gasteiger partial charge in [-0.15, -0.1) is 0 Å². The summed E-state index contributed by atoms with van der Waals surface area (Å²) in [5, 5.41) is 0. The molecule has 0 fully saturated rings. The van der Waals surface area contributed by atoms with Gasteiger partial charge in [0.2, 0.25) is 0 Å². The highest BCUT2D eigenvalue weighted by Gasteiger charge is 2.09. The van der Waals surface area contributed by atoms with Crippen LogP contribution in [0.3, 0.4) is 0 Å². The van der Waals surface area contributed by atoms with E-state index in [9.17, 15) is 0 Å². The number of unbranched alkanes of at least 4 members (excludes halogenated alkanes) is 2. The SMILES string of the molecule is CCCCCc1cc(Cc2ccc(Cc3ccc(Cc4ccc(N)cc4)cc3)c(C)c2)ccc1Cc1ccc(N)cc1. The Bertz CT molecular complexity index is 1580. The number of hydrogen-bond acceptors (Lipinski definition) is 2. The first kappa shape index (κ1) is 29.2. The third-order valence-corrected chi connectivity index (χ3v) is 8.32. The average molecular weight is 553 g/mol. The molecule has 5 aromatic carbocycles. The zero-order valence-electron chi connectivity index (χ0n) is 25.2. The first-order chi connectivity index (χ1) is 20.4. The minimum Gasteiger partial charge on any atom is -0.399 e. The van der Waals surface area contributed by atoms with Crippen LogP contribution in [0.15, 0.2) is 109 Å². The fraction of sp³-hybridized carbons (Fsp3) is 0.250. The van der Waals surface area contributed by atoms with Gasteiger partial charge < -0.3 is 11.5 Å². The monoisotopic (exact) mass is 552 g/mol. The highest BCUT2D eigenvalue weighted by molar-refractivity contribution is 5.44. The minimum absolute atomic E-state index is 0.811. The summed E-state index contributed by atoms with van der Waals surface area (Å²) in [5.41, 5.74) is 27.1. The summed E-state index contributed by atoms with van der Waals surface area (Å²) >= 11 is 0. The summed E-state index contributed by atoms with van der Waals surface area (Å²) in [6, 6.07) is 39.7. The predicted molar refractivity (Wildman–Crippen MR) is 180 cm³/mol. The molecule has 0 atom stereocenters. The fourth-order valence-corrected chi connectivity index (χ4v) is 5.78. The second-order valence-corrected chi connectivity index (χ2v) is 11.8. The van der Waals surface area contributed by atoms with Crippen LogP contribution in [0.1, 0.15) is 81.8 Å². The van der Waals surface area contributed by atoms with Gasteiger partial charge in [-0.25, -0.2) is 0 Å². The van der Waals surface area contributed by atoms with E-state index in [1.165, 1.54) is 74.9 Å². The van der Waals surface area contributed by atoms with Crippen molar-refractivity contribution < 1.29 is 0 Å². The molecule has 214 valence electrons. The maximum Gasteiger partial charge on any atom is 0.0314 e. The van der Waals surface area contributed by atoms with Gasteiger partial charge in [0, 0.05) is 11.4 Å². The standard InChI is InChI=1S/C40H44N2/c1-3-4-5-6-37-28-35(12-18-38(37)27-33-15-21-40(42)22-16-33)25-34-11-17-36(29(2)23-34)26-32-9-7-30(8-10-32)24-31-13-19-39(41)20-14-31/h7-23,28H,3-6,24-27,41-42H2,1-2H3. The molecule has 0 spiro atoms. The van der Waals surface area contributed by atoms with Crippen LogP contribution in [0.2, 0.25) is 0 Å². The molecule has 0 aliphatic rings. The molecule has 0 aromatic heterocycles. The molecule has 2 nitrogen and oxygen atoms in total. The summed E-state index contributed by atoms with van der Waals surface area (Å²) in [6.45, 7) is 4.52. The van der Waals surface area contributed by atoms with E-state index in [-0.39, 0.29) is 0 Å². The number of rotatable bonds is 12. The van der Waals surface area contributed by atoms with Crippen LogP contribution >= 0.6 is 0 Å². The molecule has 0 amide bonds. The number of hydrogen-bond donors (Lipinski definition) is 2. The maximum absolute atomic E-state index is 5.91. The number of nitrogens with two attached hydrogens (primary N) is 2. The van der Waals surface area contributed by atoms with Crippen molar-refractivity contribution in [1.82, 2.24) is 0 Å². The normalized spacial score (nSPS) is 11.1. The molecule has 42 heavy (non-hydrogen) atoms. The fourth-order valence-electron chi connectivity index (χ4n) is 5.78. The van der Waals surface area contributed by atoms with E-state index in [4.69, 9.17) is 11.5 Å². The Morgan fingerprint density at radius 2 is 0.857 bits per heavy atom. The Morgan fingerprint density at radius 3 is 1.40 bits per heavy atom. The molecule has 0 saturated carbocycles. The number of nitrogen functional groups attached to an aromatic ring is 2. The van der Waals surface area contributed by atoms with Crippen LogP contribution < -0.4 is 11.5 Å². The molecule has 0 heterocycles. The molecular formula is C40H44N2. The largest absolute Gasteiger partial charge is 0.399 e. The lowest BCUT2D eigenvalue weighted by Gasteiger charge is -2.14. The van der Waals surface area contributed by atoms with Gasteiger partial charge in [-0.2, -0.15) is 0 Å². The van der Waals surface area contributed by atoms with Crippen molar-refractivity contribution in [2.24, 2.45) is 0 Å². The molecule has 5 aromatic rings. The maximum atomic E-state index is 5.91. The molecule has 0 unspecified atom stereocenters. The predicted octanol–water partition coefficient (Wildman–Crippen LogP) is 9.26. The molecule has 2 heteroatoms. The van der Waals surface area contributed by atoms with E-state index in [0.717, 1.165) is 43.5 Å². The van der Waals surface area contributed by atoms with Crippen molar-refractivity contribution in [2.75, 3.05) is 11.5 Å². The lowest BCUT2D eigenvalue weighted by Crippen LogP contribution is -2.00. The van der Waals surface area contributed by atoms with E-state index < -0.39 is 0 Å². The van der Waals surface area contributed by atoms with Crippen LogP contribution in [0.25, 0.3) is 0 Å². The first-order valence-corrected chi connectivity index (χ1v) is 15.4. The van der Waals surface area contributed by atoms with Crippen LogP contribution in [0.4, 0.5) is 11.4 Å². The Kier molecular flexibility index (Phi) is 9.77. The smallest absolute Gasteiger partial charge is 0.0314 e. The third kappa shape index (κ3) is 8.13. The second kappa shape index (κ2) is 14.0. The highest BCUT2D eigenvalue weighted by atomic mass is 14.5. The second-order valence-electron chi connectivity index (χ2n) is 11.8. The van der Waals surface area contributed by atoms with E-state index in [2.05, 4.69) is 98.8 Å². The van der Waals surface area contributed by atoms with Crippen molar-refractivity contribution in [1.29, 1.82) is 0 Å². The number of benzene rings is 5. The van der Waals surface area contributed by atoms with Crippen molar-refractivity contribution in [3.05, 3.63) is 165 Å². The zero-order valence-corrected chi connectivity index (χ0v) is 25.2. The van der Waals surface area contributed by atoms with E-state index in [1.807, 2.05) is 24.3 Å². The van der Waals surface area contributed by atoms with E-state index in [0.29, 0.717) is 0 Å². The summed E-state index contributed by atoms with van der Waals surface area (Å²) in [6.07, 6.45) is 8.70. The van der Waals surface area contributed by atoms with Gasteiger partial charge >= 0.3 is 0 Å². The summed E-state index contributed by atoms with van der Waals surface area (Å²) in [5.74, 6) is 0. The number of anilines is 2. The molecule has 0 saturated heterocycles. The van der Waals surface area contributed by atoms with Crippen LogP contribution in [0, 0.1) is 6.92 Å². The minimum atomic E-state index is 0.811. The lowest BCUT2D eigenvalue weighted by atomic mass is 9.91. The van der Waals surface area contributed by atoms with Crippen LogP contribution in [-0.4, -0.2) is 0 Å². The third-order valence-electron chi connectivity index (χ3n) is 8.32. The average Bonchev–Trinajstić information content (AvgIpc) is 2.99. The van der Waals surface area contributed by atoms with E-state index in [1.54, 1.807) is 0 Å². The Hall–Kier alpha value is -4.30. The van der Waals surface area contributed by atoms with E-state index >= 15 is 0 Å². The highest BCUT2D eigenvalue weighted by Crippen LogP contribution is 2.23. The number of aryl methyl sites for hydroxylation is 2. The summed E-state index contributed by atoms with van der Waals surface area (Å²) in [7, 11) is 0. The van der Waals surface area contributed by atoms with Crippen LogP contribution in [-0.2, 0) is 32.1 Å². The lowest BCUT2D eigenvalue weighted by molar-refractivity contribution is 0.713. The van der Waals surface area contributed by atoms with Gasteiger partial charge in [0.1, 0.15) is 0 Å². The summed E-state index contributed by atoms with van der Waals surface area (Å²) in [4.78, 5) is 0. The molecule has 5 rings (SSSR count). The topological polar surface area (TPSA) is 52.0 Å². The van der Waals surface area contributed by atoms with Crippen molar-refractivity contribution >= 4 is 11.4 Å². The first-order valence-electron chi connectivity index (χ1n) is 15.4. The molecule has 0 aliphatic heterocycles. The van der Waals surface area contributed by atoms with Gasteiger partial charge in [0.15, 0.2) is 0 Å². The van der Waals surface area contributed by atoms with Gasteiger partial charge in [0.25, 0.3) is 0 Å². The van der Waals surface area contributed by atoms with Crippen LogP contribution in [0.5, 0.6) is 0 Å². The molecule has 0 bridgehead atoms. The Morgan fingerprint density at radius 1 is 0.429 bits per heavy atom. The van der Waals surface area contributed by atoms with Gasteiger partial charge in [-0.05, 0) is 125 Å². The van der Waals surface area contributed by atoms with Gasteiger partial charge in [0.05, 0.1) is 0 Å². The summed E-state index contributed by atoms with van der Waals surface area (Å²) < 4.78 is 0. The molecule has 0 radical (unpaired) electrons. The van der Waals surface area contributed by atoms with Gasteiger partial charge in [-0.3, -0.25) is 0 Å².